The average Bonchev–Trinajstić information content (AvgIpc) is 3.09. The van der Waals surface area contributed by atoms with Gasteiger partial charge in [-0.2, -0.15) is 10.2 Å². The predicted octanol–water partition coefficient (Wildman–Crippen LogP) is 4.33. The molecule has 6 nitrogen and oxygen atoms in total. The third-order valence-electron chi connectivity index (χ3n) is 4.08. The average molecular weight is 455 g/mol. The number of carbonyl (C=O) groups is 1. The largest absolute Gasteiger partial charge is 0.308 e. The van der Waals surface area contributed by atoms with Crippen LogP contribution in [-0.4, -0.2) is 25.5 Å². The minimum Gasteiger partial charge on any atom is -0.308 e. The van der Waals surface area contributed by atoms with Crippen LogP contribution in [0.5, 0.6) is 0 Å². The van der Waals surface area contributed by atoms with Crippen molar-refractivity contribution in [2.24, 2.45) is 0 Å². The molecule has 27 heavy (non-hydrogen) atoms. The summed E-state index contributed by atoms with van der Waals surface area (Å²) in [5.74, 6) is -0.0165. The van der Waals surface area contributed by atoms with Crippen molar-refractivity contribution in [3.8, 4) is 0 Å². The van der Waals surface area contributed by atoms with Crippen LogP contribution >= 0.6 is 27.5 Å². The third kappa shape index (κ3) is 4.75. The van der Waals surface area contributed by atoms with E-state index in [0.29, 0.717) is 28.4 Å². The van der Waals surface area contributed by atoms with E-state index in [4.69, 9.17) is 11.6 Å². The number of nitrogens with zero attached hydrogens (tertiary/aromatic N) is 4. The fourth-order valence-corrected chi connectivity index (χ4v) is 3.18. The third-order valence-corrected chi connectivity index (χ3v) is 5.20. The van der Waals surface area contributed by atoms with Gasteiger partial charge in [-0.1, -0.05) is 23.7 Å². The number of benzene rings is 1. The second kappa shape index (κ2) is 8.22. The molecule has 0 bridgehead atoms. The number of carbonyl (C=O) groups excluding carboxylic acids is 1. The highest BCUT2D eigenvalue weighted by atomic mass is 79.9. The molecule has 0 saturated heterocycles. The number of amides is 1. The number of anilines is 1. The lowest BCUT2D eigenvalue weighted by Gasteiger charge is -2.05. The molecule has 1 aromatic carbocycles. The highest BCUT2D eigenvalue weighted by molar-refractivity contribution is 9.10. The molecule has 0 aliphatic heterocycles. The molecule has 0 spiro atoms. The number of hydrogen-bond acceptors (Lipinski definition) is 3. The van der Waals surface area contributed by atoms with Gasteiger partial charge in [-0.25, -0.2) is 4.39 Å². The van der Waals surface area contributed by atoms with Crippen molar-refractivity contribution in [3.63, 3.8) is 0 Å². The van der Waals surface area contributed by atoms with Gasteiger partial charge in [0.1, 0.15) is 5.82 Å². The van der Waals surface area contributed by atoms with Crippen LogP contribution in [0.1, 0.15) is 23.4 Å². The molecule has 142 valence electrons. The summed E-state index contributed by atoms with van der Waals surface area (Å²) < 4.78 is 17.1. The lowest BCUT2D eigenvalue weighted by Crippen LogP contribution is -2.16. The molecule has 0 atom stereocenters. The van der Waals surface area contributed by atoms with Crippen molar-refractivity contribution in [2.75, 3.05) is 5.32 Å². The Kier molecular flexibility index (Phi) is 5.96. The van der Waals surface area contributed by atoms with E-state index in [1.54, 1.807) is 27.7 Å². The van der Waals surface area contributed by atoms with E-state index < -0.39 is 0 Å². The fourth-order valence-electron chi connectivity index (χ4n) is 2.63. The minimum atomic E-state index is -0.280. The highest BCUT2D eigenvalue weighted by Crippen LogP contribution is 2.22. The second-order valence-corrected chi connectivity index (χ2v) is 7.39. The highest BCUT2D eigenvalue weighted by Gasteiger charge is 2.13. The van der Waals surface area contributed by atoms with Crippen LogP contribution in [0.4, 0.5) is 10.2 Å². The van der Waals surface area contributed by atoms with Crippen molar-refractivity contribution in [3.05, 3.63) is 62.7 Å². The van der Waals surface area contributed by atoms with Gasteiger partial charge in [-0.3, -0.25) is 14.2 Å². The summed E-state index contributed by atoms with van der Waals surface area (Å²) in [6.45, 7) is 4.60. The lowest BCUT2D eigenvalue weighted by atomic mass is 10.2. The molecular weight excluding hydrogens is 437 g/mol. The van der Waals surface area contributed by atoms with Gasteiger partial charge in [0, 0.05) is 12.6 Å². The van der Waals surface area contributed by atoms with Crippen LogP contribution in [0, 0.1) is 19.7 Å². The van der Waals surface area contributed by atoms with Gasteiger partial charge in [0.25, 0.3) is 0 Å². The first-order chi connectivity index (χ1) is 12.8. The van der Waals surface area contributed by atoms with E-state index >= 15 is 0 Å². The lowest BCUT2D eigenvalue weighted by molar-refractivity contribution is -0.116. The van der Waals surface area contributed by atoms with E-state index in [1.165, 1.54) is 12.1 Å². The zero-order valence-electron chi connectivity index (χ0n) is 14.8. The summed E-state index contributed by atoms with van der Waals surface area (Å²) in [6.07, 6.45) is 2.01. The molecule has 0 fully saturated rings. The molecule has 1 N–H and O–H groups in total. The van der Waals surface area contributed by atoms with E-state index in [1.807, 2.05) is 13.8 Å². The normalized spacial score (nSPS) is 11.0. The van der Waals surface area contributed by atoms with Crippen molar-refractivity contribution in [2.45, 2.75) is 33.4 Å². The molecule has 0 saturated carbocycles. The van der Waals surface area contributed by atoms with Gasteiger partial charge in [0.2, 0.25) is 5.91 Å². The van der Waals surface area contributed by atoms with Crippen LogP contribution in [0.15, 0.2) is 34.9 Å². The Morgan fingerprint density at radius 1 is 1.26 bits per heavy atom. The van der Waals surface area contributed by atoms with Gasteiger partial charge >= 0.3 is 0 Å². The molecule has 3 aromatic rings. The van der Waals surface area contributed by atoms with E-state index in [-0.39, 0.29) is 18.1 Å². The van der Waals surface area contributed by atoms with Gasteiger partial charge in [-0.15, -0.1) is 0 Å². The van der Waals surface area contributed by atoms with Crippen molar-refractivity contribution in [1.82, 2.24) is 19.6 Å². The zero-order valence-corrected chi connectivity index (χ0v) is 17.2. The monoisotopic (exact) mass is 453 g/mol. The van der Waals surface area contributed by atoms with Crippen LogP contribution in [-0.2, 0) is 17.9 Å². The first kappa shape index (κ1) is 19.6. The summed E-state index contributed by atoms with van der Waals surface area (Å²) >= 11 is 9.52. The Balaban J connectivity index is 1.60. The summed E-state index contributed by atoms with van der Waals surface area (Å²) in [5, 5.41) is 12.1. The Morgan fingerprint density at radius 3 is 2.59 bits per heavy atom. The Morgan fingerprint density at radius 2 is 1.96 bits per heavy atom. The SMILES string of the molecule is Cc1nn(CCC(=O)Nc2nn(Cc3ccc(F)cc3)cc2Br)c(C)c1Cl. The molecule has 2 aromatic heterocycles. The molecular formula is C18H18BrClFN5O. The van der Waals surface area contributed by atoms with Gasteiger partial charge in [0.05, 0.1) is 34.0 Å². The molecule has 1 amide bonds. The van der Waals surface area contributed by atoms with Crippen molar-refractivity contribution in [1.29, 1.82) is 0 Å². The van der Waals surface area contributed by atoms with Crippen LogP contribution < -0.4 is 5.32 Å². The number of halogens is 3. The summed E-state index contributed by atoms with van der Waals surface area (Å²) in [6, 6.07) is 6.20. The van der Waals surface area contributed by atoms with Crippen LogP contribution in [0.2, 0.25) is 5.02 Å². The minimum absolute atomic E-state index is 0.175. The molecule has 9 heteroatoms. The molecule has 0 unspecified atom stereocenters. The van der Waals surface area contributed by atoms with Crippen molar-refractivity contribution >= 4 is 39.3 Å². The Hall–Kier alpha value is -2.19. The number of aryl methyl sites for hydroxylation is 2. The predicted molar refractivity (Wildman–Crippen MR) is 105 cm³/mol. The quantitative estimate of drug-likeness (QED) is 0.603. The Bertz CT molecular complexity index is 967. The molecule has 0 aliphatic carbocycles. The number of rotatable bonds is 6. The maximum absolute atomic E-state index is 13.0. The first-order valence-electron chi connectivity index (χ1n) is 8.30. The standard InChI is InChI=1S/C18H18BrClFN5O/c1-11-17(20)12(2)26(23-11)8-7-16(27)22-18-15(19)10-25(24-18)9-13-3-5-14(21)6-4-13/h3-6,10H,7-9H2,1-2H3,(H,22,24,27). The molecule has 2 heterocycles. The van der Waals surface area contributed by atoms with E-state index in [9.17, 15) is 9.18 Å². The first-order valence-corrected chi connectivity index (χ1v) is 9.47. The number of nitrogens with one attached hydrogen (secondary N) is 1. The fraction of sp³-hybridized carbons (Fsp3) is 0.278. The second-order valence-electron chi connectivity index (χ2n) is 6.16. The van der Waals surface area contributed by atoms with E-state index in [0.717, 1.165) is 17.0 Å². The Labute approximate surface area is 169 Å². The molecule has 0 aliphatic rings. The van der Waals surface area contributed by atoms with Gasteiger partial charge in [0.15, 0.2) is 5.82 Å². The van der Waals surface area contributed by atoms with E-state index in [2.05, 4.69) is 31.4 Å². The smallest absolute Gasteiger partial charge is 0.227 e. The van der Waals surface area contributed by atoms with Crippen molar-refractivity contribution < 1.29 is 9.18 Å². The van der Waals surface area contributed by atoms with Gasteiger partial charge in [-0.05, 0) is 47.5 Å². The van der Waals surface area contributed by atoms with Gasteiger partial charge < -0.3 is 5.32 Å². The summed E-state index contributed by atoms with van der Waals surface area (Å²) in [5.41, 5.74) is 2.49. The zero-order chi connectivity index (χ0) is 19.6. The summed E-state index contributed by atoms with van der Waals surface area (Å²) in [7, 11) is 0. The van der Waals surface area contributed by atoms with Crippen LogP contribution in [0.3, 0.4) is 0 Å². The molecule has 3 rings (SSSR count). The maximum atomic E-state index is 13.0. The topological polar surface area (TPSA) is 64.7 Å². The maximum Gasteiger partial charge on any atom is 0.227 e. The summed E-state index contributed by atoms with van der Waals surface area (Å²) in [4.78, 5) is 12.2. The number of aromatic nitrogens is 4. The van der Waals surface area contributed by atoms with Crippen LogP contribution in [0.25, 0.3) is 0 Å². The number of hydrogen-bond donors (Lipinski definition) is 1. The molecule has 0 radical (unpaired) electrons.